The van der Waals surface area contributed by atoms with Crippen molar-refractivity contribution in [2.75, 3.05) is 27.7 Å². The van der Waals surface area contributed by atoms with Gasteiger partial charge in [-0.3, -0.25) is 0 Å². The Hall–Kier alpha value is -0.530. The second kappa shape index (κ2) is 13.0. The van der Waals surface area contributed by atoms with Crippen LogP contribution >= 0.6 is 0 Å². The van der Waals surface area contributed by atoms with Gasteiger partial charge in [-0.2, -0.15) is 0 Å². The van der Waals surface area contributed by atoms with Crippen molar-refractivity contribution in [1.29, 1.82) is 0 Å². The van der Waals surface area contributed by atoms with E-state index < -0.39 is 0 Å². The molecule has 0 atom stereocenters. The number of nitrogens with zero attached hydrogens (tertiary/aromatic N) is 1. The van der Waals surface area contributed by atoms with Gasteiger partial charge in [0.15, 0.2) is 0 Å². The van der Waals surface area contributed by atoms with Crippen LogP contribution in [0.25, 0.3) is 0 Å². The third-order valence-corrected chi connectivity index (χ3v) is 4.14. The Kier molecular flexibility index (Phi) is 12.6. The fourth-order valence-corrected chi connectivity index (χ4v) is 2.80. The minimum absolute atomic E-state index is 0. The first-order valence-electron chi connectivity index (χ1n) is 8.92. The van der Waals surface area contributed by atoms with Crippen LogP contribution in [0.15, 0.2) is 30.3 Å². The maximum absolute atomic E-state index is 2.29. The van der Waals surface area contributed by atoms with Crippen molar-refractivity contribution in [1.82, 2.24) is 0 Å². The molecule has 0 unspecified atom stereocenters. The molecule has 0 aliphatic carbocycles. The lowest BCUT2D eigenvalue weighted by Crippen LogP contribution is -3.00. The van der Waals surface area contributed by atoms with Crippen LogP contribution in [0.2, 0.25) is 0 Å². The van der Waals surface area contributed by atoms with Gasteiger partial charge in [0, 0.05) is 0 Å². The highest BCUT2D eigenvalue weighted by Gasteiger charge is 2.04. The molecule has 22 heavy (non-hydrogen) atoms. The van der Waals surface area contributed by atoms with E-state index in [4.69, 9.17) is 0 Å². The Balaban J connectivity index is 0.00000441. The fraction of sp³-hybridized carbons (Fsp3) is 0.700. The molecule has 128 valence electrons. The lowest BCUT2D eigenvalue weighted by molar-refractivity contribution is -0.870. The molecule has 0 amide bonds. The van der Waals surface area contributed by atoms with Crippen LogP contribution in [0.3, 0.4) is 0 Å². The Morgan fingerprint density at radius 2 is 1.09 bits per heavy atom. The Bertz CT molecular complexity index is 342. The van der Waals surface area contributed by atoms with E-state index in [1.54, 1.807) is 0 Å². The molecule has 0 heterocycles. The van der Waals surface area contributed by atoms with Crippen molar-refractivity contribution in [3.63, 3.8) is 0 Å². The highest BCUT2D eigenvalue weighted by atomic mass is 35.5. The maximum atomic E-state index is 2.29. The Morgan fingerprint density at radius 3 is 1.59 bits per heavy atom. The zero-order chi connectivity index (χ0) is 15.4. The van der Waals surface area contributed by atoms with Crippen LogP contribution in [-0.2, 0) is 6.42 Å². The van der Waals surface area contributed by atoms with Crippen molar-refractivity contribution in [3.05, 3.63) is 35.9 Å². The third-order valence-electron chi connectivity index (χ3n) is 4.14. The van der Waals surface area contributed by atoms with Gasteiger partial charge in [-0.1, -0.05) is 68.9 Å². The number of aryl methyl sites for hydroxylation is 1. The second-order valence-corrected chi connectivity index (χ2v) is 7.43. The van der Waals surface area contributed by atoms with Gasteiger partial charge in [-0.15, -0.1) is 0 Å². The molecule has 0 spiro atoms. The second-order valence-electron chi connectivity index (χ2n) is 7.43. The van der Waals surface area contributed by atoms with E-state index in [1.165, 1.54) is 76.3 Å². The van der Waals surface area contributed by atoms with Gasteiger partial charge >= 0.3 is 0 Å². The van der Waals surface area contributed by atoms with E-state index in [1.807, 2.05) is 0 Å². The van der Waals surface area contributed by atoms with Gasteiger partial charge in [0.2, 0.25) is 0 Å². The average Bonchev–Trinajstić information content (AvgIpc) is 2.44. The predicted molar refractivity (Wildman–Crippen MR) is 94.6 cm³/mol. The average molecular weight is 326 g/mol. The molecule has 0 N–H and O–H groups in total. The van der Waals surface area contributed by atoms with Gasteiger partial charge in [0.05, 0.1) is 27.7 Å². The molecule has 0 bridgehead atoms. The number of rotatable bonds is 12. The van der Waals surface area contributed by atoms with Crippen LogP contribution in [0.5, 0.6) is 0 Å². The molecule has 1 rings (SSSR count). The topological polar surface area (TPSA) is 0 Å². The van der Waals surface area contributed by atoms with Crippen LogP contribution in [0.4, 0.5) is 0 Å². The van der Waals surface area contributed by atoms with Crippen molar-refractivity contribution in [3.8, 4) is 0 Å². The van der Waals surface area contributed by atoms with E-state index in [9.17, 15) is 0 Å². The van der Waals surface area contributed by atoms with Crippen molar-refractivity contribution in [2.45, 2.75) is 64.2 Å². The SMILES string of the molecule is C[N+](C)(C)CCCCCCCCCCCc1ccccc1.[Cl-]. The molecule has 0 saturated carbocycles. The largest absolute Gasteiger partial charge is 1.00 e. The summed E-state index contributed by atoms with van der Waals surface area (Å²) in [7, 11) is 6.86. The van der Waals surface area contributed by atoms with Crippen molar-refractivity contribution in [2.24, 2.45) is 0 Å². The zero-order valence-electron chi connectivity index (χ0n) is 15.0. The van der Waals surface area contributed by atoms with E-state index in [0.29, 0.717) is 0 Å². The number of quaternary nitrogens is 1. The minimum Gasteiger partial charge on any atom is -1.00 e. The molecule has 0 radical (unpaired) electrons. The van der Waals surface area contributed by atoms with E-state index >= 15 is 0 Å². The Morgan fingerprint density at radius 1 is 0.636 bits per heavy atom. The lowest BCUT2D eigenvalue weighted by atomic mass is 10.0. The van der Waals surface area contributed by atoms with Crippen LogP contribution < -0.4 is 12.4 Å². The molecule has 0 aliphatic heterocycles. The number of hydrogen-bond acceptors (Lipinski definition) is 0. The van der Waals surface area contributed by atoms with Crippen molar-refractivity contribution < 1.29 is 16.9 Å². The van der Waals surface area contributed by atoms with E-state index in [2.05, 4.69) is 51.5 Å². The summed E-state index contributed by atoms with van der Waals surface area (Å²) >= 11 is 0. The van der Waals surface area contributed by atoms with Crippen molar-refractivity contribution >= 4 is 0 Å². The molecule has 0 saturated heterocycles. The van der Waals surface area contributed by atoms with Gasteiger partial charge in [0.1, 0.15) is 0 Å². The number of unbranched alkanes of at least 4 members (excludes halogenated alkanes) is 8. The normalized spacial score (nSPS) is 11.2. The Labute approximate surface area is 145 Å². The summed E-state index contributed by atoms with van der Waals surface area (Å²) < 4.78 is 1.11. The fourth-order valence-electron chi connectivity index (χ4n) is 2.80. The summed E-state index contributed by atoms with van der Waals surface area (Å²) in [4.78, 5) is 0. The van der Waals surface area contributed by atoms with Gasteiger partial charge < -0.3 is 16.9 Å². The number of halogens is 1. The summed E-state index contributed by atoms with van der Waals surface area (Å²) in [6.07, 6.45) is 14.0. The molecular weight excluding hydrogens is 290 g/mol. The highest BCUT2D eigenvalue weighted by molar-refractivity contribution is 5.14. The quantitative estimate of drug-likeness (QED) is 0.409. The summed E-state index contributed by atoms with van der Waals surface area (Å²) in [6.45, 7) is 1.32. The molecular formula is C20H36ClN. The van der Waals surface area contributed by atoms with Gasteiger partial charge in [-0.25, -0.2) is 0 Å². The van der Waals surface area contributed by atoms with Crippen LogP contribution in [0, 0.1) is 0 Å². The molecule has 0 fully saturated rings. The first-order valence-corrected chi connectivity index (χ1v) is 8.92. The van der Waals surface area contributed by atoms with Gasteiger partial charge in [0.25, 0.3) is 0 Å². The highest BCUT2D eigenvalue weighted by Crippen LogP contribution is 2.12. The summed E-state index contributed by atoms with van der Waals surface area (Å²) in [6, 6.07) is 10.9. The van der Waals surface area contributed by atoms with E-state index in [0.717, 1.165) is 4.48 Å². The number of benzene rings is 1. The summed E-state index contributed by atoms with van der Waals surface area (Å²) in [5, 5.41) is 0. The van der Waals surface area contributed by atoms with Crippen LogP contribution in [-0.4, -0.2) is 32.2 Å². The lowest BCUT2D eigenvalue weighted by Gasteiger charge is -2.23. The zero-order valence-corrected chi connectivity index (χ0v) is 15.7. The van der Waals surface area contributed by atoms with E-state index in [-0.39, 0.29) is 12.4 Å². The smallest absolute Gasteiger partial charge is 0.0780 e. The first kappa shape index (κ1) is 21.5. The molecule has 2 heteroatoms. The molecule has 0 aromatic heterocycles. The molecule has 1 aromatic carbocycles. The first-order chi connectivity index (χ1) is 10.1. The summed E-state index contributed by atoms with van der Waals surface area (Å²) in [5.74, 6) is 0. The predicted octanol–water partition coefficient (Wildman–Crippen LogP) is 2.45. The molecule has 1 aromatic rings. The molecule has 0 aliphatic rings. The monoisotopic (exact) mass is 325 g/mol. The molecule has 1 nitrogen and oxygen atoms in total. The number of hydrogen-bond donors (Lipinski definition) is 0. The summed E-state index contributed by atoms with van der Waals surface area (Å²) in [5.41, 5.74) is 1.50. The third kappa shape index (κ3) is 13.2. The van der Waals surface area contributed by atoms with Crippen LogP contribution in [0.1, 0.15) is 63.4 Å². The van der Waals surface area contributed by atoms with Gasteiger partial charge in [-0.05, 0) is 31.2 Å². The standard InChI is InChI=1S/C20H36N.ClH/c1-21(2,3)19-15-10-8-6-4-5-7-9-12-16-20-17-13-11-14-18-20;/h11,13-14,17-18H,4-10,12,15-16,19H2,1-3H3;1H/q+1;/p-1. The minimum atomic E-state index is 0. The maximum Gasteiger partial charge on any atom is 0.0780 e.